The Bertz CT molecular complexity index is 755. The van der Waals surface area contributed by atoms with Gasteiger partial charge in [0.05, 0.1) is 12.0 Å². The van der Waals surface area contributed by atoms with Crippen LogP contribution in [0.5, 0.6) is 5.75 Å². The molecule has 1 aromatic carbocycles. The molecule has 0 bridgehead atoms. The smallest absolute Gasteiger partial charge is 0.229 e. The zero-order chi connectivity index (χ0) is 17.2. The number of aryl methyl sites for hydroxylation is 1. The lowest BCUT2D eigenvalue weighted by molar-refractivity contribution is -0.138. The molecule has 5 nitrogen and oxygen atoms in total. The molecule has 2 aromatic rings. The third-order valence-corrected chi connectivity index (χ3v) is 5.39. The molecule has 25 heavy (non-hydrogen) atoms. The van der Waals surface area contributed by atoms with Crippen LogP contribution in [0.2, 0.25) is 0 Å². The summed E-state index contributed by atoms with van der Waals surface area (Å²) in [7, 11) is 0. The van der Waals surface area contributed by atoms with E-state index < -0.39 is 0 Å². The van der Waals surface area contributed by atoms with Crippen LogP contribution in [0.4, 0.5) is 0 Å². The van der Waals surface area contributed by atoms with E-state index in [1.807, 2.05) is 29.3 Å². The number of para-hydroxylation sites is 1. The van der Waals surface area contributed by atoms with Crippen molar-refractivity contribution in [3.63, 3.8) is 0 Å². The Morgan fingerprint density at radius 1 is 1.36 bits per heavy atom. The minimum absolute atomic E-state index is 0.0675. The first-order valence-corrected chi connectivity index (χ1v) is 9.27. The summed E-state index contributed by atoms with van der Waals surface area (Å²) in [5.41, 5.74) is 1.14. The van der Waals surface area contributed by atoms with Gasteiger partial charge in [0, 0.05) is 31.9 Å². The molecular weight excluding hydrogens is 314 g/mol. The van der Waals surface area contributed by atoms with E-state index in [9.17, 15) is 4.79 Å². The van der Waals surface area contributed by atoms with Gasteiger partial charge in [-0.25, -0.2) is 4.98 Å². The average Bonchev–Trinajstić information content (AvgIpc) is 3.16. The van der Waals surface area contributed by atoms with E-state index in [-0.39, 0.29) is 11.8 Å². The van der Waals surface area contributed by atoms with Crippen LogP contribution in [0.25, 0.3) is 0 Å². The van der Waals surface area contributed by atoms with Crippen LogP contribution in [0.1, 0.15) is 37.2 Å². The first-order valence-electron chi connectivity index (χ1n) is 9.27. The molecule has 132 valence electrons. The van der Waals surface area contributed by atoms with E-state index in [0.717, 1.165) is 55.9 Å². The number of imidazole rings is 1. The van der Waals surface area contributed by atoms with E-state index >= 15 is 0 Å². The number of hydrogen-bond donors (Lipinski definition) is 0. The fourth-order valence-electron chi connectivity index (χ4n) is 4.08. The SMILES string of the molecule is CCc1nccn1[C@@H]1CCCN(C(=O)[C@@H]2COc3ccccc3C2)C1. The number of aromatic nitrogens is 2. The molecule has 0 unspecified atom stereocenters. The molecule has 1 amide bonds. The van der Waals surface area contributed by atoms with Crippen molar-refractivity contribution in [2.45, 2.75) is 38.6 Å². The topological polar surface area (TPSA) is 47.4 Å². The maximum absolute atomic E-state index is 13.1. The Kier molecular flexibility index (Phi) is 4.47. The number of carbonyl (C=O) groups excluding carboxylic acids is 1. The molecule has 1 fully saturated rings. The second-order valence-corrected chi connectivity index (χ2v) is 7.00. The number of likely N-dealkylation sites (tertiary alicyclic amines) is 1. The summed E-state index contributed by atoms with van der Waals surface area (Å²) in [4.78, 5) is 19.5. The predicted octanol–water partition coefficient (Wildman–Crippen LogP) is 2.86. The Labute approximate surface area is 148 Å². The van der Waals surface area contributed by atoms with Crippen LogP contribution in [0.3, 0.4) is 0 Å². The third kappa shape index (κ3) is 3.15. The van der Waals surface area contributed by atoms with Gasteiger partial charge in [-0.05, 0) is 30.9 Å². The number of piperidine rings is 1. The maximum Gasteiger partial charge on any atom is 0.229 e. The molecule has 0 spiro atoms. The van der Waals surface area contributed by atoms with Gasteiger partial charge in [0.2, 0.25) is 5.91 Å². The van der Waals surface area contributed by atoms with E-state index in [2.05, 4.69) is 28.7 Å². The maximum atomic E-state index is 13.1. The van der Waals surface area contributed by atoms with Crippen LogP contribution in [-0.2, 0) is 17.6 Å². The number of benzene rings is 1. The first-order chi connectivity index (χ1) is 12.3. The number of ether oxygens (including phenoxy) is 1. The van der Waals surface area contributed by atoms with Crippen molar-refractivity contribution in [1.82, 2.24) is 14.5 Å². The standard InChI is InChI=1S/C20H25N3O2/c1-2-19-21-9-11-23(19)17-7-5-10-22(13-17)20(24)16-12-15-6-3-4-8-18(15)25-14-16/h3-4,6,8-9,11,16-17H,2,5,7,10,12-14H2,1H3/t16-,17+/m0/s1. The number of amides is 1. The summed E-state index contributed by atoms with van der Waals surface area (Å²) in [6.45, 7) is 4.24. The second kappa shape index (κ2) is 6.90. The van der Waals surface area contributed by atoms with E-state index in [1.54, 1.807) is 0 Å². The summed E-state index contributed by atoms with van der Waals surface area (Å²) in [5.74, 6) is 2.20. The number of rotatable bonds is 3. The molecule has 1 aromatic heterocycles. The highest BCUT2D eigenvalue weighted by atomic mass is 16.5. The van der Waals surface area contributed by atoms with E-state index in [1.165, 1.54) is 0 Å². The lowest BCUT2D eigenvalue weighted by Gasteiger charge is -2.37. The first kappa shape index (κ1) is 16.2. The van der Waals surface area contributed by atoms with Gasteiger partial charge in [-0.15, -0.1) is 0 Å². The molecule has 2 atom stereocenters. The molecule has 2 aliphatic heterocycles. The molecule has 0 N–H and O–H groups in total. The van der Waals surface area contributed by atoms with Crippen LogP contribution >= 0.6 is 0 Å². The highest BCUT2D eigenvalue weighted by molar-refractivity contribution is 5.80. The Hall–Kier alpha value is -2.30. The summed E-state index contributed by atoms with van der Waals surface area (Å²) in [6, 6.07) is 8.38. The molecule has 1 saturated heterocycles. The van der Waals surface area contributed by atoms with Crippen LogP contribution in [-0.4, -0.2) is 40.1 Å². The highest BCUT2D eigenvalue weighted by Gasteiger charge is 2.32. The lowest BCUT2D eigenvalue weighted by Crippen LogP contribution is -2.46. The zero-order valence-electron chi connectivity index (χ0n) is 14.7. The summed E-state index contributed by atoms with van der Waals surface area (Å²) in [5, 5.41) is 0. The Morgan fingerprint density at radius 2 is 2.24 bits per heavy atom. The van der Waals surface area contributed by atoms with Gasteiger partial charge in [-0.2, -0.15) is 0 Å². The lowest BCUT2D eigenvalue weighted by atomic mass is 9.94. The van der Waals surface area contributed by atoms with Gasteiger partial charge < -0.3 is 14.2 Å². The molecule has 5 heteroatoms. The number of hydrogen-bond acceptors (Lipinski definition) is 3. The molecular formula is C20H25N3O2. The predicted molar refractivity (Wildman–Crippen MR) is 95.6 cm³/mol. The number of nitrogens with zero attached hydrogens (tertiary/aromatic N) is 3. The van der Waals surface area contributed by atoms with Crippen LogP contribution in [0, 0.1) is 5.92 Å². The monoisotopic (exact) mass is 339 g/mol. The van der Waals surface area contributed by atoms with Crippen molar-refractivity contribution in [3.8, 4) is 5.75 Å². The van der Waals surface area contributed by atoms with Crippen LogP contribution in [0.15, 0.2) is 36.7 Å². The number of fused-ring (bicyclic) bond motifs is 1. The van der Waals surface area contributed by atoms with Gasteiger partial charge in [0.1, 0.15) is 18.2 Å². The molecule has 2 aliphatic rings. The molecule has 0 saturated carbocycles. The third-order valence-electron chi connectivity index (χ3n) is 5.39. The van der Waals surface area contributed by atoms with Gasteiger partial charge in [-0.3, -0.25) is 4.79 Å². The molecule has 4 rings (SSSR count). The van der Waals surface area contributed by atoms with E-state index in [0.29, 0.717) is 12.6 Å². The Balaban J connectivity index is 1.46. The average molecular weight is 339 g/mol. The van der Waals surface area contributed by atoms with Crippen molar-refractivity contribution in [3.05, 3.63) is 48.0 Å². The fourth-order valence-corrected chi connectivity index (χ4v) is 4.08. The van der Waals surface area contributed by atoms with Gasteiger partial charge >= 0.3 is 0 Å². The van der Waals surface area contributed by atoms with Gasteiger partial charge in [0.25, 0.3) is 0 Å². The van der Waals surface area contributed by atoms with Gasteiger partial charge in [0.15, 0.2) is 0 Å². The highest BCUT2D eigenvalue weighted by Crippen LogP contribution is 2.30. The van der Waals surface area contributed by atoms with E-state index in [4.69, 9.17) is 4.74 Å². The van der Waals surface area contributed by atoms with Crippen molar-refractivity contribution >= 4 is 5.91 Å². The summed E-state index contributed by atoms with van der Waals surface area (Å²) < 4.78 is 8.08. The Morgan fingerprint density at radius 3 is 3.12 bits per heavy atom. The molecule has 3 heterocycles. The van der Waals surface area contributed by atoms with Crippen molar-refractivity contribution < 1.29 is 9.53 Å². The largest absolute Gasteiger partial charge is 0.492 e. The van der Waals surface area contributed by atoms with Crippen molar-refractivity contribution in [2.75, 3.05) is 19.7 Å². The summed E-state index contributed by atoms with van der Waals surface area (Å²) in [6.07, 6.45) is 7.77. The normalized spacial score (nSPS) is 23.0. The quantitative estimate of drug-likeness (QED) is 0.864. The van der Waals surface area contributed by atoms with Gasteiger partial charge in [-0.1, -0.05) is 25.1 Å². The minimum Gasteiger partial charge on any atom is -0.492 e. The molecule has 0 aliphatic carbocycles. The van der Waals surface area contributed by atoms with Crippen molar-refractivity contribution in [1.29, 1.82) is 0 Å². The summed E-state index contributed by atoms with van der Waals surface area (Å²) >= 11 is 0. The molecule has 0 radical (unpaired) electrons. The minimum atomic E-state index is -0.0675. The van der Waals surface area contributed by atoms with Crippen molar-refractivity contribution in [2.24, 2.45) is 5.92 Å². The second-order valence-electron chi connectivity index (χ2n) is 7.00. The fraction of sp³-hybridized carbons (Fsp3) is 0.500. The number of carbonyl (C=O) groups is 1. The zero-order valence-corrected chi connectivity index (χ0v) is 14.7. The van der Waals surface area contributed by atoms with Crippen LogP contribution < -0.4 is 4.74 Å².